The molecule has 4 nitrogen and oxygen atoms in total. The fraction of sp³-hybridized carbons (Fsp3) is 0.235. The van der Waals surface area contributed by atoms with E-state index in [0.29, 0.717) is 11.4 Å². The van der Waals surface area contributed by atoms with E-state index < -0.39 is 0 Å². The maximum Gasteiger partial charge on any atom is 0.262 e. The van der Waals surface area contributed by atoms with Gasteiger partial charge in [-0.2, -0.15) is 0 Å². The van der Waals surface area contributed by atoms with Gasteiger partial charge in [0.05, 0.1) is 5.69 Å². The van der Waals surface area contributed by atoms with Gasteiger partial charge >= 0.3 is 0 Å². The van der Waals surface area contributed by atoms with Crippen LogP contribution in [0.3, 0.4) is 0 Å². The average Bonchev–Trinajstić information content (AvgIpc) is 2.37. The Labute approximate surface area is 124 Å². The number of rotatable bonds is 4. The van der Waals surface area contributed by atoms with E-state index in [1.165, 1.54) is 0 Å². The van der Waals surface area contributed by atoms with Crippen LogP contribution in [0.25, 0.3) is 0 Å². The Kier molecular flexibility index (Phi) is 4.48. The number of anilines is 2. The van der Waals surface area contributed by atoms with Gasteiger partial charge in [0, 0.05) is 5.69 Å². The van der Waals surface area contributed by atoms with E-state index in [1.54, 1.807) is 0 Å². The molecule has 0 aromatic heterocycles. The van der Waals surface area contributed by atoms with Crippen molar-refractivity contribution in [3.05, 3.63) is 53.1 Å². The van der Waals surface area contributed by atoms with Crippen LogP contribution in [-0.4, -0.2) is 12.5 Å². The van der Waals surface area contributed by atoms with Crippen LogP contribution >= 0.6 is 0 Å². The minimum absolute atomic E-state index is 0.0674. The molecular weight excluding hydrogens is 264 g/mol. The predicted molar refractivity (Wildman–Crippen MR) is 85.6 cm³/mol. The Bertz CT molecular complexity index is 643. The highest BCUT2D eigenvalue weighted by atomic mass is 16.5. The Balaban J connectivity index is 1.99. The predicted octanol–water partition coefficient (Wildman–Crippen LogP) is 3.21. The van der Waals surface area contributed by atoms with Crippen molar-refractivity contribution in [3.8, 4) is 5.75 Å². The van der Waals surface area contributed by atoms with Crippen molar-refractivity contribution < 1.29 is 9.53 Å². The number of carbonyl (C=O) groups excluding carboxylic acids is 1. The Morgan fingerprint density at radius 3 is 2.57 bits per heavy atom. The molecule has 0 aliphatic heterocycles. The van der Waals surface area contributed by atoms with Crippen molar-refractivity contribution in [2.24, 2.45) is 0 Å². The number of hydrogen-bond acceptors (Lipinski definition) is 3. The third-order valence-corrected chi connectivity index (χ3v) is 3.10. The maximum absolute atomic E-state index is 11.9. The molecule has 0 heterocycles. The highest BCUT2D eigenvalue weighted by molar-refractivity contribution is 5.92. The van der Waals surface area contributed by atoms with Crippen LogP contribution in [-0.2, 0) is 4.79 Å². The molecule has 3 N–H and O–H groups in total. The van der Waals surface area contributed by atoms with Crippen LogP contribution < -0.4 is 15.8 Å². The summed E-state index contributed by atoms with van der Waals surface area (Å²) in [4.78, 5) is 11.9. The zero-order valence-corrected chi connectivity index (χ0v) is 12.6. The van der Waals surface area contributed by atoms with Gasteiger partial charge in [-0.3, -0.25) is 4.79 Å². The highest BCUT2D eigenvalue weighted by Gasteiger charge is 2.09. The smallest absolute Gasteiger partial charge is 0.262 e. The molecule has 0 atom stereocenters. The minimum Gasteiger partial charge on any atom is -0.481 e. The number of nitrogens with two attached hydrogens (primary N) is 1. The van der Waals surface area contributed by atoms with Crippen molar-refractivity contribution >= 4 is 17.3 Å². The van der Waals surface area contributed by atoms with E-state index in [-0.39, 0.29) is 12.5 Å². The van der Waals surface area contributed by atoms with E-state index in [0.717, 1.165) is 22.4 Å². The first-order valence-corrected chi connectivity index (χ1v) is 6.82. The van der Waals surface area contributed by atoms with Crippen LogP contribution in [0, 0.1) is 20.8 Å². The van der Waals surface area contributed by atoms with Gasteiger partial charge in [0.15, 0.2) is 6.61 Å². The lowest BCUT2D eigenvalue weighted by Crippen LogP contribution is -2.20. The van der Waals surface area contributed by atoms with Gasteiger partial charge < -0.3 is 15.8 Å². The summed E-state index contributed by atoms with van der Waals surface area (Å²) in [6, 6.07) is 11.4. The van der Waals surface area contributed by atoms with E-state index in [4.69, 9.17) is 10.5 Å². The van der Waals surface area contributed by atoms with Crippen molar-refractivity contribution in [2.45, 2.75) is 20.8 Å². The van der Waals surface area contributed by atoms with Gasteiger partial charge in [0.25, 0.3) is 5.91 Å². The summed E-state index contributed by atoms with van der Waals surface area (Å²) in [5.41, 5.74) is 10.3. The van der Waals surface area contributed by atoms with Crippen LogP contribution in [0.5, 0.6) is 5.75 Å². The molecular formula is C17H20N2O2. The fourth-order valence-electron chi connectivity index (χ4n) is 2.24. The first-order valence-electron chi connectivity index (χ1n) is 6.82. The van der Waals surface area contributed by atoms with Crippen molar-refractivity contribution in [3.63, 3.8) is 0 Å². The largest absolute Gasteiger partial charge is 0.481 e. The van der Waals surface area contributed by atoms with Gasteiger partial charge in [0.1, 0.15) is 5.75 Å². The summed E-state index contributed by atoms with van der Waals surface area (Å²) in [6.45, 7) is 5.79. The topological polar surface area (TPSA) is 64.3 Å². The second-order valence-corrected chi connectivity index (χ2v) is 5.21. The molecule has 1 amide bonds. The number of amides is 1. The molecule has 4 heteroatoms. The number of hydrogen-bond donors (Lipinski definition) is 2. The first kappa shape index (κ1) is 14.9. The third-order valence-electron chi connectivity index (χ3n) is 3.10. The number of benzene rings is 2. The van der Waals surface area contributed by atoms with E-state index in [9.17, 15) is 4.79 Å². The molecule has 110 valence electrons. The lowest BCUT2D eigenvalue weighted by Gasteiger charge is -2.13. The van der Waals surface area contributed by atoms with Crippen molar-refractivity contribution in [1.82, 2.24) is 0 Å². The Morgan fingerprint density at radius 2 is 1.90 bits per heavy atom. The van der Waals surface area contributed by atoms with Crippen LogP contribution in [0.15, 0.2) is 36.4 Å². The average molecular weight is 284 g/mol. The van der Waals surface area contributed by atoms with Gasteiger partial charge in [-0.15, -0.1) is 0 Å². The molecule has 0 radical (unpaired) electrons. The number of nitrogen functional groups attached to an aromatic ring is 1. The van der Waals surface area contributed by atoms with Gasteiger partial charge in [0.2, 0.25) is 0 Å². The molecule has 21 heavy (non-hydrogen) atoms. The molecule has 0 fully saturated rings. The quantitative estimate of drug-likeness (QED) is 0.847. The zero-order valence-electron chi connectivity index (χ0n) is 12.6. The van der Waals surface area contributed by atoms with Gasteiger partial charge in [-0.1, -0.05) is 18.2 Å². The zero-order chi connectivity index (χ0) is 15.4. The van der Waals surface area contributed by atoms with Crippen molar-refractivity contribution in [2.75, 3.05) is 17.7 Å². The summed E-state index contributed by atoms with van der Waals surface area (Å²) in [5, 5.41) is 2.80. The fourth-order valence-corrected chi connectivity index (χ4v) is 2.24. The molecule has 0 saturated carbocycles. The van der Waals surface area contributed by atoms with Gasteiger partial charge in [-0.05, 0) is 55.7 Å². The van der Waals surface area contributed by atoms with E-state index >= 15 is 0 Å². The van der Waals surface area contributed by atoms with E-state index in [1.807, 2.05) is 57.2 Å². The monoisotopic (exact) mass is 284 g/mol. The molecule has 2 aromatic carbocycles. The molecule has 0 bridgehead atoms. The normalized spacial score (nSPS) is 10.2. The number of nitrogens with one attached hydrogen (secondary N) is 1. The summed E-state index contributed by atoms with van der Waals surface area (Å²) in [5.74, 6) is 0.361. The molecule has 0 unspecified atom stereocenters. The van der Waals surface area contributed by atoms with Crippen LogP contribution in [0.4, 0.5) is 11.4 Å². The number of aryl methyl sites for hydroxylation is 3. The van der Waals surface area contributed by atoms with Gasteiger partial charge in [-0.25, -0.2) is 0 Å². The third kappa shape index (κ3) is 3.99. The second-order valence-electron chi connectivity index (χ2n) is 5.21. The first-order chi connectivity index (χ1) is 9.95. The van der Waals surface area contributed by atoms with Crippen molar-refractivity contribution in [1.29, 1.82) is 0 Å². The standard InChI is InChI=1S/C17H20N2O2/c1-11-5-4-6-14(8-11)19-16(20)10-21-17-13(3)7-12(2)9-15(17)18/h4-9H,10,18H2,1-3H3,(H,19,20). The Morgan fingerprint density at radius 1 is 1.14 bits per heavy atom. The molecule has 2 aromatic rings. The Hall–Kier alpha value is -2.49. The van der Waals surface area contributed by atoms with E-state index in [2.05, 4.69) is 5.32 Å². The summed E-state index contributed by atoms with van der Waals surface area (Å²) in [6.07, 6.45) is 0. The molecule has 0 saturated heterocycles. The second kappa shape index (κ2) is 6.31. The minimum atomic E-state index is -0.208. The maximum atomic E-state index is 11.9. The summed E-state index contributed by atoms with van der Waals surface area (Å²) in [7, 11) is 0. The number of carbonyl (C=O) groups is 1. The summed E-state index contributed by atoms with van der Waals surface area (Å²) >= 11 is 0. The highest BCUT2D eigenvalue weighted by Crippen LogP contribution is 2.27. The molecule has 2 rings (SSSR count). The molecule has 0 aliphatic rings. The molecule has 0 spiro atoms. The lowest BCUT2D eigenvalue weighted by atomic mass is 10.1. The SMILES string of the molecule is Cc1cccc(NC(=O)COc2c(C)cc(C)cc2N)c1. The van der Waals surface area contributed by atoms with Crippen LogP contribution in [0.2, 0.25) is 0 Å². The molecule has 0 aliphatic carbocycles. The van der Waals surface area contributed by atoms with Crippen LogP contribution in [0.1, 0.15) is 16.7 Å². The summed E-state index contributed by atoms with van der Waals surface area (Å²) < 4.78 is 5.55. The lowest BCUT2D eigenvalue weighted by molar-refractivity contribution is -0.118. The number of ether oxygens (including phenoxy) is 1.